The molecule has 1 amide bonds. The van der Waals surface area contributed by atoms with Crippen molar-refractivity contribution in [1.82, 2.24) is 20.3 Å². The summed E-state index contributed by atoms with van der Waals surface area (Å²) in [5.74, 6) is -0.411. The van der Waals surface area contributed by atoms with E-state index in [0.29, 0.717) is 18.7 Å². The van der Waals surface area contributed by atoms with Gasteiger partial charge in [-0.3, -0.25) is 4.79 Å². The zero-order valence-electron chi connectivity index (χ0n) is 11.8. The molecule has 0 saturated heterocycles. The first kappa shape index (κ1) is 15.1. The fourth-order valence-electron chi connectivity index (χ4n) is 1.78. The van der Waals surface area contributed by atoms with Crippen molar-refractivity contribution in [2.45, 2.75) is 20.0 Å². The molecule has 1 aromatic carbocycles. The lowest BCUT2D eigenvalue weighted by Crippen LogP contribution is -2.26. The summed E-state index contributed by atoms with van der Waals surface area (Å²) >= 11 is 0. The van der Waals surface area contributed by atoms with Crippen LogP contribution in [0.2, 0.25) is 0 Å². The third-order valence-electron chi connectivity index (χ3n) is 2.93. The normalized spacial score (nSPS) is 10.6. The van der Waals surface area contributed by atoms with E-state index in [2.05, 4.69) is 15.5 Å². The zero-order chi connectivity index (χ0) is 15.2. The Labute approximate surface area is 122 Å². The zero-order valence-corrected chi connectivity index (χ0v) is 11.8. The number of nitrogens with zero attached hydrogens (tertiary/aromatic N) is 3. The average molecular weight is 290 g/mol. The third kappa shape index (κ3) is 3.65. The predicted molar refractivity (Wildman–Crippen MR) is 76.1 cm³/mol. The van der Waals surface area contributed by atoms with Crippen LogP contribution in [0.3, 0.4) is 0 Å². The summed E-state index contributed by atoms with van der Waals surface area (Å²) in [4.78, 5) is 13.3. The van der Waals surface area contributed by atoms with Crippen molar-refractivity contribution < 1.29 is 15.0 Å². The highest BCUT2D eigenvalue weighted by atomic mass is 16.3. The number of aryl methyl sites for hydroxylation is 1. The number of rotatable bonds is 6. The maximum atomic E-state index is 12.0. The molecule has 2 rings (SSSR count). The molecule has 0 aliphatic carbocycles. The molecule has 0 aliphatic heterocycles. The van der Waals surface area contributed by atoms with Crippen LogP contribution in [0, 0.1) is 6.92 Å². The molecule has 112 valence electrons. The summed E-state index contributed by atoms with van der Waals surface area (Å²) in [5.41, 5.74) is 2.13. The number of aliphatic hydroxyl groups is 2. The lowest BCUT2D eigenvalue weighted by Gasteiger charge is -2.01. The van der Waals surface area contributed by atoms with E-state index in [1.807, 2.05) is 31.2 Å². The molecule has 7 heteroatoms. The number of benzene rings is 1. The van der Waals surface area contributed by atoms with Gasteiger partial charge in [0.25, 0.3) is 5.91 Å². The fraction of sp³-hybridized carbons (Fsp3) is 0.357. The van der Waals surface area contributed by atoms with Crippen molar-refractivity contribution in [3.05, 3.63) is 41.2 Å². The molecule has 0 aliphatic rings. The maximum absolute atomic E-state index is 12.0. The number of carbonyl (C=O) groups excluding carboxylic acids is 1. The van der Waals surface area contributed by atoms with Crippen LogP contribution in [-0.2, 0) is 6.61 Å². The summed E-state index contributed by atoms with van der Waals surface area (Å²) in [6.07, 6.45) is 0.465. The lowest BCUT2D eigenvalue weighted by molar-refractivity contribution is 0.0942. The second-order valence-electron chi connectivity index (χ2n) is 4.61. The highest BCUT2D eigenvalue weighted by Gasteiger charge is 2.18. The Balaban J connectivity index is 2.22. The topological polar surface area (TPSA) is 100 Å². The van der Waals surface area contributed by atoms with Crippen LogP contribution in [0.4, 0.5) is 0 Å². The molecule has 0 bridgehead atoms. The van der Waals surface area contributed by atoms with Crippen LogP contribution in [0.1, 0.15) is 28.2 Å². The summed E-state index contributed by atoms with van der Waals surface area (Å²) in [6.45, 7) is 1.95. The Morgan fingerprint density at radius 1 is 1.24 bits per heavy atom. The molecule has 1 heterocycles. The van der Waals surface area contributed by atoms with Crippen molar-refractivity contribution in [2.24, 2.45) is 0 Å². The second kappa shape index (κ2) is 6.96. The number of hydrogen-bond acceptors (Lipinski definition) is 5. The summed E-state index contributed by atoms with van der Waals surface area (Å²) in [7, 11) is 0. The molecule has 0 fully saturated rings. The van der Waals surface area contributed by atoms with Crippen LogP contribution < -0.4 is 5.32 Å². The van der Waals surface area contributed by atoms with E-state index in [0.717, 1.165) is 5.56 Å². The Morgan fingerprint density at radius 3 is 2.57 bits per heavy atom. The molecule has 3 N–H and O–H groups in total. The molecule has 2 aromatic rings. The van der Waals surface area contributed by atoms with Gasteiger partial charge < -0.3 is 15.5 Å². The van der Waals surface area contributed by atoms with Gasteiger partial charge in [-0.1, -0.05) is 17.7 Å². The van der Waals surface area contributed by atoms with Gasteiger partial charge in [0.2, 0.25) is 0 Å². The first-order valence-electron chi connectivity index (χ1n) is 6.69. The summed E-state index contributed by atoms with van der Waals surface area (Å²) in [5, 5.41) is 28.9. The molecule has 21 heavy (non-hydrogen) atoms. The van der Waals surface area contributed by atoms with E-state index in [1.165, 1.54) is 4.80 Å². The number of amides is 1. The summed E-state index contributed by atoms with van der Waals surface area (Å²) in [6, 6.07) is 7.50. The van der Waals surface area contributed by atoms with Crippen LogP contribution in [0.25, 0.3) is 5.69 Å². The van der Waals surface area contributed by atoms with E-state index in [4.69, 9.17) is 5.11 Å². The molecular weight excluding hydrogens is 272 g/mol. The van der Waals surface area contributed by atoms with Gasteiger partial charge in [0.05, 0.1) is 12.3 Å². The smallest absolute Gasteiger partial charge is 0.273 e. The minimum Gasteiger partial charge on any atom is -0.396 e. The van der Waals surface area contributed by atoms with E-state index in [9.17, 15) is 9.90 Å². The predicted octanol–water partition coefficient (Wildman–Crippen LogP) is 0.180. The van der Waals surface area contributed by atoms with E-state index in [-0.39, 0.29) is 24.6 Å². The van der Waals surface area contributed by atoms with Gasteiger partial charge in [0, 0.05) is 13.2 Å². The van der Waals surface area contributed by atoms with E-state index < -0.39 is 5.91 Å². The van der Waals surface area contributed by atoms with Crippen LogP contribution in [0.5, 0.6) is 0 Å². The SMILES string of the molecule is Cc1ccc(-n2nc(CO)c(C(=O)NCCCO)n2)cc1. The molecule has 0 unspecified atom stereocenters. The fourth-order valence-corrected chi connectivity index (χ4v) is 1.78. The Hall–Kier alpha value is -2.25. The number of aromatic nitrogens is 3. The largest absolute Gasteiger partial charge is 0.396 e. The molecule has 0 spiro atoms. The molecule has 0 radical (unpaired) electrons. The van der Waals surface area contributed by atoms with E-state index in [1.54, 1.807) is 0 Å². The number of carbonyl (C=O) groups is 1. The van der Waals surface area contributed by atoms with Gasteiger partial charge in [-0.25, -0.2) is 0 Å². The molecule has 1 aromatic heterocycles. The quantitative estimate of drug-likeness (QED) is 0.659. The second-order valence-corrected chi connectivity index (χ2v) is 4.61. The first-order valence-corrected chi connectivity index (χ1v) is 6.69. The molecule has 0 atom stereocenters. The van der Waals surface area contributed by atoms with Crippen LogP contribution >= 0.6 is 0 Å². The molecular formula is C14H18N4O3. The van der Waals surface area contributed by atoms with Crippen molar-refractivity contribution in [1.29, 1.82) is 0 Å². The number of aliphatic hydroxyl groups excluding tert-OH is 2. The minimum absolute atomic E-state index is 0.00317. The summed E-state index contributed by atoms with van der Waals surface area (Å²) < 4.78 is 0. The van der Waals surface area contributed by atoms with Crippen LogP contribution in [-0.4, -0.2) is 44.3 Å². The van der Waals surface area contributed by atoms with Gasteiger partial charge in [0.1, 0.15) is 5.69 Å². The maximum Gasteiger partial charge on any atom is 0.273 e. The Kier molecular flexibility index (Phi) is 5.02. The minimum atomic E-state index is -0.411. The first-order chi connectivity index (χ1) is 10.2. The average Bonchev–Trinajstić information content (AvgIpc) is 2.92. The van der Waals surface area contributed by atoms with Crippen molar-refractivity contribution in [3.8, 4) is 5.69 Å². The molecule has 0 saturated carbocycles. The van der Waals surface area contributed by atoms with Gasteiger partial charge in [-0.2, -0.15) is 4.80 Å². The highest BCUT2D eigenvalue weighted by molar-refractivity contribution is 5.93. The lowest BCUT2D eigenvalue weighted by atomic mass is 10.2. The van der Waals surface area contributed by atoms with Crippen molar-refractivity contribution >= 4 is 5.91 Å². The van der Waals surface area contributed by atoms with Gasteiger partial charge >= 0.3 is 0 Å². The van der Waals surface area contributed by atoms with Crippen LogP contribution in [0.15, 0.2) is 24.3 Å². The third-order valence-corrected chi connectivity index (χ3v) is 2.93. The van der Waals surface area contributed by atoms with Gasteiger partial charge in [-0.15, -0.1) is 10.2 Å². The Morgan fingerprint density at radius 2 is 1.95 bits per heavy atom. The Bertz CT molecular complexity index is 607. The van der Waals surface area contributed by atoms with E-state index >= 15 is 0 Å². The van der Waals surface area contributed by atoms with Gasteiger partial charge in [0.15, 0.2) is 5.69 Å². The molecule has 7 nitrogen and oxygen atoms in total. The number of hydrogen-bond donors (Lipinski definition) is 3. The monoisotopic (exact) mass is 290 g/mol. The number of nitrogens with one attached hydrogen (secondary N) is 1. The standard InChI is InChI=1S/C14H18N4O3/c1-10-3-5-11(6-4-10)18-16-12(9-20)13(17-18)14(21)15-7-2-8-19/h3-6,19-20H,2,7-9H2,1H3,(H,15,21). The highest BCUT2D eigenvalue weighted by Crippen LogP contribution is 2.10. The van der Waals surface area contributed by atoms with Crippen molar-refractivity contribution in [2.75, 3.05) is 13.2 Å². The van der Waals surface area contributed by atoms with Crippen molar-refractivity contribution in [3.63, 3.8) is 0 Å². The van der Waals surface area contributed by atoms with Gasteiger partial charge in [-0.05, 0) is 25.5 Å².